The van der Waals surface area contributed by atoms with Crippen molar-refractivity contribution >= 4 is 5.97 Å². The predicted molar refractivity (Wildman–Crippen MR) is 74.5 cm³/mol. The van der Waals surface area contributed by atoms with Gasteiger partial charge in [-0.1, -0.05) is 49.6 Å². The molecule has 1 aliphatic carbocycles. The molecular formula is C17H19NO2. The van der Waals surface area contributed by atoms with Crippen LogP contribution in [0.3, 0.4) is 0 Å². The highest BCUT2D eigenvalue weighted by molar-refractivity contribution is 5.80. The van der Waals surface area contributed by atoms with Crippen LogP contribution in [-0.4, -0.2) is 5.97 Å². The van der Waals surface area contributed by atoms with E-state index in [-0.39, 0.29) is 11.4 Å². The first kappa shape index (κ1) is 13.2. The minimum absolute atomic E-state index is 0.347. The molecule has 1 heterocycles. The maximum Gasteiger partial charge on any atom is 0.324 e. The summed E-state index contributed by atoms with van der Waals surface area (Å²) in [5.41, 5.74) is -0.0297. The number of benzene rings is 1. The van der Waals surface area contributed by atoms with Crippen molar-refractivity contribution in [3.05, 3.63) is 35.9 Å². The minimum Gasteiger partial charge on any atom is -0.453 e. The highest BCUT2D eigenvalue weighted by Gasteiger charge is 2.64. The molecular weight excluding hydrogens is 250 g/mol. The van der Waals surface area contributed by atoms with Crippen LogP contribution in [0.4, 0.5) is 0 Å². The van der Waals surface area contributed by atoms with Gasteiger partial charge in [0, 0.05) is 5.41 Å². The summed E-state index contributed by atoms with van der Waals surface area (Å²) in [6, 6.07) is 12.1. The molecule has 104 valence electrons. The maximum atomic E-state index is 12.2. The van der Waals surface area contributed by atoms with Crippen LogP contribution in [0.15, 0.2) is 30.3 Å². The lowest BCUT2D eigenvalue weighted by Crippen LogP contribution is -2.44. The van der Waals surface area contributed by atoms with Gasteiger partial charge in [-0.15, -0.1) is 0 Å². The van der Waals surface area contributed by atoms with E-state index in [0.717, 1.165) is 31.2 Å². The summed E-state index contributed by atoms with van der Waals surface area (Å²) in [6.45, 7) is 1.99. The molecule has 20 heavy (non-hydrogen) atoms. The second kappa shape index (κ2) is 4.63. The summed E-state index contributed by atoms with van der Waals surface area (Å²) in [6.07, 6.45) is 5.10. The van der Waals surface area contributed by atoms with Gasteiger partial charge < -0.3 is 4.74 Å². The standard InChI is InChI=1S/C17H19NO2/c1-16(13-8-4-2-5-9-13)17(10-6-3-7-11-17)14(12-18)15(19)20-16/h2,4-5,8-9,14H,3,6-7,10-11H2,1H3/t14-,16-/m1/s1. The van der Waals surface area contributed by atoms with E-state index in [4.69, 9.17) is 4.74 Å². The number of esters is 1. The van der Waals surface area contributed by atoms with Gasteiger partial charge >= 0.3 is 5.97 Å². The number of rotatable bonds is 1. The van der Waals surface area contributed by atoms with Crippen LogP contribution in [0.25, 0.3) is 0 Å². The van der Waals surface area contributed by atoms with Crippen molar-refractivity contribution < 1.29 is 9.53 Å². The summed E-state index contributed by atoms with van der Waals surface area (Å²) in [7, 11) is 0. The number of hydrogen-bond donors (Lipinski definition) is 0. The largest absolute Gasteiger partial charge is 0.453 e. The Hall–Kier alpha value is -1.82. The zero-order chi connectivity index (χ0) is 14.2. The summed E-state index contributed by atoms with van der Waals surface area (Å²) in [4.78, 5) is 12.2. The first-order chi connectivity index (χ1) is 9.64. The Morgan fingerprint density at radius 2 is 1.85 bits per heavy atom. The molecule has 0 N–H and O–H groups in total. The van der Waals surface area contributed by atoms with Crippen molar-refractivity contribution in [1.29, 1.82) is 5.26 Å². The predicted octanol–water partition coefficient (Wildman–Crippen LogP) is 3.55. The first-order valence-electron chi connectivity index (χ1n) is 7.32. The van der Waals surface area contributed by atoms with E-state index >= 15 is 0 Å². The van der Waals surface area contributed by atoms with Crippen molar-refractivity contribution in [2.24, 2.45) is 11.3 Å². The lowest BCUT2D eigenvalue weighted by Gasteiger charge is -2.45. The number of nitriles is 1. The van der Waals surface area contributed by atoms with Gasteiger partial charge in [-0.25, -0.2) is 0 Å². The third-order valence-corrected chi connectivity index (χ3v) is 5.24. The second-order valence-electron chi connectivity index (χ2n) is 6.10. The SMILES string of the molecule is C[C@]1(c2ccccc2)OC(=O)[C@@H](C#N)C12CCCCC2. The molecule has 0 bridgehead atoms. The molecule has 3 nitrogen and oxygen atoms in total. The van der Waals surface area contributed by atoms with Crippen molar-refractivity contribution in [2.45, 2.75) is 44.6 Å². The Balaban J connectivity index is 2.14. The van der Waals surface area contributed by atoms with Crippen LogP contribution in [0.1, 0.15) is 44.6 Å². The summed E-state index contributed by atoms with van der Waals surface area (Å²) in [5, 5.41) is 9.48. The van der Waals surface area contributed by atoms with Crippen LogP contribution in [0, 0.1) is 22.7 Å². The first-order valence-corrected chi connectivity index (χ1v) is 7.32. The second-order valence-corrected chi connectivity index (χ2v) is 6.10. The molecule has 0 amide bonds. The molecule has 2 fully saturated rings. The van der Waals surface area contributed by atoms with E-state index in [2.05, 4.69) is 6.07 Å². The van der Waals surface area contributed by atoms with Crippen LogP contribution in [0.5, 0.6) is 0 Å². The fourth-order valence-electron chi connectivity index (χ4n) is 4.09. The van der Waals surface area contributed by atoms with Crippen molar-refractivity contribution in [3.8, 4) is 6.07 Å². The maximum absolute atomic E-state index is 12.2. The molecule has 1 saturated carbocycles. The summed E-state index contributed by atoms with van der Waals surface area (Å²) >= 11 is 0. The molecule has 1 saturated heterocycles. The Kier molecular flexibility index (Phi) is 3.05. The van der Waals surface area contributed by atoms with E-state index < -0.39 is 11.5 Å². The molecule has 1 aromatic carbocycles. The van der Waals surface area contributed by atoms with Gasteiger partial charge in [-0.05, 0) is 25.3 Å². The number of carbonyl (C=O) groups excluding carboxylic acids is 1. The van der Waals surface area contributed by atoms with Gasteiger partial charge in [0.2, 0.25) is 0 Å². The Morgan fingerprint density at radius 1 is 1.20 bits per heavy atom. The van der Waals surface area contributed by atoms with E-state index in [1.165, 1.54) is 6.42 Å². The molecule has 1 aliphatic heterocycles. The molecule has 0 aromatic heterocycles. The monoisotopic (exact) mass is 269 g/mol. The summed E-state index contributed by atoms with van der Waals surface area (Å²) < 4.78 is 5.77. The number of nitrogens with zero attached hydrogens (tertiary/aromatic N) is 1. The van der Waals surface area contributed by atoms with Crippen LogP contribution in [0.2, 0.25) is 0 Å². The number of carbonyl (C=O) groups is 1. The van der Waals surface area contributed by atoms with Gasteiger partial charge in [0.15, 0.2) is 5.92 Å². The molecule has 1 spiro atoms. The average molecular weight is 269 g/mol. The minimum atomic E-state index is -0.674. The Bertz CT molecular complexity index is 554. The zero-order valence-electron chi connectivity index (χ0n) is 11.8. The van der Waals surface area contributed by atoms with E-state index in [9.17, 15) is 10.1 Å². The van der Waals surface area contributed by atoms with Crippen LogP contribution < -0.4 is 0 Å². The molecule has 2 aliphatic rings. The molecule has 3 heteroatoms. The van der Waals surface area contributed by atoms with E-state index in [0.29, 0.717) is 0 Å². The lowest BCUT2D eigenvalue weighted by atomic mass is 9.57. The van der Waals surface area contributed by atoms with Crippen molar-refractivity contribution in [2.75, 3.05) is 0 Å². The van der Waals surface area contributed by atoms with Gasteiger partial charge in [-0.2, -0.15) is 5.26 Å². The number of hydrogen-bond acceptors (Lipinski definition) is 3. The highest BCUT2D eigenvalue weighted by Crippen LogP contribution is 2.60. The molecule has 0 unspecified atom stereocenters. The average Bonchev–Trinajstić information content (AvgIpc) is 2.69. The van der Waals surface area contributed by atoms with Gasteiger partial charge in [-0.3, -0.25) is 4.79 Å². The summed E-state index contributed by atoms with van der Waals surface area (Å²) in [5.74, 6) is -0.978. The number of cyclic esters (lactones) is 1. The third-order valence-electron chi connectivity index (χ3n) is 5.24. The quantitative estimate of drug-likeness (QED) is 0.732. The fourth-order valence-corrected chi connectivity index (χ4v) is 4.09. The van der Waals surface area contributed by atoms with Crippen molar-refractivity contribution in [1.82, 2.24) is 0 Å². The topological polar surface area (TPSA) is 50.1 Å². The van der Waals surface area contributed by atoms with Crippen LogP contribution >= 0.6 is 0 Å². The number of ether oxygens (including phenoxy) is 1. The zero-order valence-corrected chi connectivity index (χ0v) is 11.8. The van der Waals surface area contributed by atoms with E-state index in [1.807, 2.05) is 37.3 Å². The molecule has 3 rings (SSSR count). The van der Waals surface area contributed by atoms with Crippen LogP contribution in [-0.2, 0) is 15.1 Å². The lowest BCUT2D eigenvalue weighted by molar-refractivity contribution is -0.152. The van der Waals surface area contributed by atoms with Gasteiger partial charge in [0.25, 0.3) is 0 Å². The highest BCUT2D eigenvalue weighted by atomic mass is 16.6. The van der Waals surface area contributed by atoms with Gasteiger partial charge in [0.1, 0.15) is 5.60 Å². The smallest absolute Gasteiger partial charge is 0.324 e. The molecule has 1 aromatic rings. The Morgan fingerprint density at radius 3 is 2.45 bits per heavy atom. The molecule has 0 radical (unpaired) electrons. The third kappa shape index (κ3) is 1.61. The normalized spacial score (nSPS) is 31.8. The fraction of sp³-hybridized carbons (Fsp3) is 0.529. The van der Waals surface area contributed by atoms with Crippen molar-refractivity contribution in [3.63, 3.8) is 0 Å². The molecule has 2 atom stereocenters. The Labute approximate surface area is 119 Å². The van der Waals surface area contributed by atoms with E-state index in [1.54, 1.807) is 0 Å². The van der Waals surface area contributed by atoms with Gasteiger partial charge in [0.05, 0.1) is 6.07 Å².